The quantitative estimate of drug-likeness (QED) is 0.814. The van der Waals surface area contributed by atoms with Crippen LogP contribution in [0, 0.1) is 17.1 Å². The van der Waals surface area contributed by atoms with E-state index in [1.807, 2.05) is 6.07 Å². The number of nitriles is 1. The van der Waals surface area contributed by atoms with Crippen LogP contribution >= 0.6 is 0 Å². The van der Waals surface area contributed by atoms with Gasteiger partial charge in [0.2, 0.25) is 0 Å². The van der Waals surface area contributed by atoms with Crippen LogP contribution < -0.4 is 5.73 Å². The van der Waals surface area contributed by atoms with E-state index in [1.165, 1.54) is 6.07 Å². The molecule has 1 unspecified atom stereocenters. The first kappa shape index (κ1) is 11.1. The Hall–Kier alpha value is -1.44. The number of likely N-dealkylation sites (tertiary alicyclic amines) is 1. The van der Waals surface area contributed by atoms with Gasteiger partial charge in [-0.3, -0.25) is 4.90 Å². The first-order valence-corrected chi connectivity index (χ1v) is 5.35. The van der Waals surface area contributed by atoms with Gasteiger partial charge >= 0.3 is 0 Å². The van der Waals surface area contributed by atoms with E-state index in [2.05, 4.69) is 4.90 Å². The largest absolute Gasteiger partial charge is 0.326 e. The molecule has 0 radical (unpaired) electrons. The third-order valence-electron chi connectivity index (χ3n) is 2.88. The molecule has 1 heterocycles. The molecule has 0 bridgehead atoms. The Morgan fingerprint density at radius 3 is 2.94 bits per heavy atom. The van der Waals surface area contributed by atoms with Crippen LogP contribution in [0.15, 0.2) is 18.2 Å². The van der Waals surface area contributed by atoms with Gasteiger partial charge in [0, 0.05) is 31.2 Å². The van der Waals surface area contributed by atoms with E-state index < -0.39 is 0 Å². The minimum atomic E-state index is -0.306. The zero-order valence-electron chi connectivity index (χ0n) is 8.99. The zero-order chi connectivity index (χ0) is 11.5. The molecule has 2 N–H and O–H groups in total. The molecule has 1 aromatic carbocycles. The minimum absolute atomic E-state index is 0.210. The number of halogens is 1. The highest BCUT2D eigenvalue weighted by Crippen LogP contribution is 2.15. The van der Waals surface area contributed by atoms with Gasteiger partial charge < -0.3 is 5.73 Å². The Morgan fingerprint density at radius 2 is 2.38 bits per heavy atom. The molecule has 1 saturated heterocycles. The molecule has 0 spiro atoms. The number of nitrogens with two attached hydrogens (primary N) is 1. The van der Waals surface area contributed by atoms with E-state index in [0.29, 0.717) is 17.7 Å². The van der Waals surface area contributed by atoms with Crippen molar-refractivity contribution in [3.8, 4) is 6.07 Å². The molecule has 0 aromatic heterocycles. The molecular formula is C12H14FN3. The second kappa shape index (κ2) is 4.60. The van der Waals surface area contributed by atoms with E-state index >= 15 is 0 Å². The average molecular weight is 219 g/mol. The Kier molecular flexibility index (Phi) is 3.18. The summed E-state index contributed by atoms with van der Waals surface area (Å²) < 4.78 is 13.6. The fraction of sp³-hybridized carbons (Fsp3) is 0.417. The number of rotatable bonds is 2. The standard InChI is InChI=1S/C12H14FN3/c13-12-5-9(6-14)1-2-10(12)7-16-4-3-11(15)8-16/h1-2,5,11H,3-4,7-8,15H2. The molecule has 1 fully saturated rings. The van der Waals surface area contributed by atoms with Crippen LogP contribution in [0.5, 0.6) is 0 Å². The van der Waals surface area contributed by atoms with Crippen molar-refractivity contribution in [1.29, 1.82) is 5.26 Å². The van der Waals surface area contributed by atoms with Crippen LogP contribution in [0.3, 0.4) is 0 Å². The Labute approximate surface area is 94.3 Å². The lowest BCUT2D eigenvalue weighted by Gasteiger charge is -2.15. The molecule has 1 atom stereocenters. The molecule has 16 heavy (non-hydrogen) atoms. The van der Waals surface area contributed by atoms with E-state index in [9.17, 15) is 4.39 Å². The summed E-state index contributed by atoms with van der Waals surface area (Å²) in [7, 11) is 0. The van der Waals surface area contributed by atoms with Gasteiger partial charge in [-0.05, 0) is 18.6 Å². The predicted octanol–water partition coefficient (Wildman–Crippen LogP) is 1.23. The predicted molar refractivity (Wildman–Crippen MR) is 59.0 cm³/mol. The van der Waals surface area contributed by atoms with Crippen LogP contribution in [0.2, 0.25) is 0 Å². The molecule has 84 valence electrons. The van der Waals surface area contributed by atoms with Crippen LogP contribution in [0.25, 0.3) is 0 Å². The van der Waals surface area contributed by atoms with E-state index in [-0.39, 0.29) is 11.9 Å². The lowest BCUT2D eigenvalue weighted by atomic mass is 10.1. The molecule has 1 aromatic rings. The summed E-state index contributed by atoms with van der Waals surface area (Å²) in [6.45, 7) is 2.31. The van der Waals surface area contributed by atoms with Gasteiger partial charge in [-0.2, -0.15) is 5.26 Å². The van der Waals surface area contributed by atoms with Crippen LogP contribution in [0.4, 0.5) is 4.39 Å². The molecule has 3 nitrogen and oxygen atoms in total. The van der Waals surface area contributed by atoms with Gasteiger partial charge in [0.25, 0.3) is 0 Å². The van der Waals surface area contributed by atoms with Crippen LogP contribution in [0.1, 0.15) is 17.5 Å². The molecule has 0 amide bonds. The van der Waals surface area contributed by atoms with Crippen molar-refractivity contribution in [2.24, 2.45) is 5.73 Å². The highest BCUT2D eigenvalue weighted by atomic mass is 19.1. The molecule has 4 heteroatoms. The maximum Gasteiger partial charge on any atom is 0.129 e. The normalized spacial score (nSPS) is 20.9. The molecule has 1 aliphatic heterocycles. The van der Waals surface area contributed by atoms with Gasteiger partial charge in [0.15, 0.2) is 0 Å². The topological polar surface area (TPSA) is 53.0 Å². The fourth-order valence-electron chi connectivity index (χ4n) is 1.99. The van der Waals surface area contributed by atoms with Gasteiger partial charge in [-0.25, -0.2) is 4.39 Å². The third kappa shape index (κ3) is 2.38. The summed E-state index contributed by atoms with van der Waals surface area (Å²) in [5.74, 6) is -0.306. The summed E-state index contributed by atoms with van der Waals surface area (Å²) in [5, 5.41) is 8.63. The molecular weight excluding hydrogens is 205 g/mol. The second-order valence-corrected chi connectivity index (χ2v) is 4.20. The third-order valence-corrected chi connectivity index (χ3v) is 2.88. The number of hydrogen-bond donors (Lipinski definition) is 1. The summed E-state index contributed by atoms with van der Waals surface area (Å²) in [4.78, 5) is 2.13. The van der Waals surface area contributed by atoms with Crippen molar-refractivity contribution >= 4 is 0 Å². The maximum atomic E-state index is 13.6. The monoisotopic (exact) mass is 219 g/mol. The van der Waals surface area contributed by atoms with Crippen molar-refractivity contribution in [3.05, 3.63) is 35.1 Å². The van der Waals surface area contributed by atoms with Gasteiger partial charge in [0.1, 0.15) is 5.82 Å². The van der Waals surface area contributed by atoms with E-state index in [4.69, 9.17) is 11.0 Å². The highest BCUT2D eigenvalue weighted by Gasteiger charge is 2.19. The summed E-state index contributed by atoms with van der Waals surface area (Å²) in [5.41, 5.74) is 6.78. The fourth-order valence-corrected chi connectivity index (χ4v) is 1.99. The summed E-state index contributed by atoms with van der Waals surface area (Å²) in [6, 6.07) is 6.74. The second-order valence-electron chi connectivity index (χ2n) is 4.20. The molecule has 0 aliphatic carbocycles. The molecule has 1 aliphatic rings. The van der Waals surface area contributed by atoms with Crippen LogP contribution in [-0.2, 0) is 6.54 Å². The first-order valence-electron chi connectivity index (χ1n) is 5.35. The lowest BCUT2D eigenvalue weighted by molar-refractivity contribution is 0.321. The van der Waals surface area contributed by atoms with Crippen molar-refractivity contribution in [2.45, 2.75) is 19.0 Å². The highest BCUT2D eigenvalue weighted by molar-refractivity contribution is 5.32. The smallest absolute Gasteiger partial charge is 0.129 e. The van der Waals surface area contributed by atoms with Gasteiger partial charge in [0.05, 0.1) is 11.6 Å². The SMILES string of the molecule is N#Cc1ccc(CN2CCC(N)C2)c(F)c1. The number of nitrogens with zero attached hydrogens (tertiary/aromatic N) is 2. The van der Waals surface area contributed by atoms with Crippen molar-refractivity contribution < 1.29 is 4.39 Å². The minimum Gasteiger partial charge on any atom is -0.326 e. The van der Waals surface area contributed by atoms with Crippen molar-refractivity contribution in [2.75, 3.05) is 13.1 Å². The lowest BCUT2D eigenvalue weighted by Crippen LogP contribution is -2.26. The first-order chi connectivity index (χ1) is 7.69. The summed E-state index contributed by atoms with van der Waals surface area (Å²) >= 11 is 0. The zero-order valence-corrected chi connectivity index (χ0v) is 8.99. The Morgan fingerprint density at radius 1 is 1.56 bits per heavy atom. The Balaban J connectivity index is 2.08. The number of hydrogen-bond acceptors (Lipinski definition) is 3. The Bertz CT molecular complexity index is 425. The molecule has 2 rings (SSSR count). The average Bonchev–Trinajstić information content (AvgIpc) is 2.67. The van der Waals surface area contributed by atoms with E-state index in [1.54, 1.807) is 12.1 Å². The molecule has 0 saturated carbocycles. The summed E-state index contributed by atoms with van der Waals surface area (Å²) in [6.07, 6.45) is 0.970. The van der Waals surface area contributed by atoms with Crippen molar-refractivity contribution in [3.63, 3.8) is 0 Å². The van der Waals surface area contributed by atoms with E-state index in [0.717, 1.165) is 19.5 Å². The van der Waals surface area contributed by atoms with Crippen molar-refractivity contribution in [1.82, 2.24) is 4.90 Å². The maximum absolute atomic E-state index is 13.6. The van der Waals surface area contributed by atoms with Gasteiger partial charge in [-0.15, -0.1) is 0 Å². The van der Waals surface area contributed by atoms with Crippen LogP contribution in [-0.4, -0.2) is 24.0 Å². The van der Waals surface area contributed by atoms with Gasteiger partial charge in [-0.1, -0.05) is 6.07 Å². The number of benzene rings is 1.